The van der Waals surface area contributed by atoms with Crippen LogP contribution in [0.5, 0.6) is 0 Å². The summed E-state index contributed by atoms with van der Waals surface area (Å²) in [5, 5.41) is 13.4. The molecule has 0 aromatic heterocycles. The van der Waals surface area contributed by atoms with E-state index in [1.807, 2.05) is 0 Å². The molecule has 0 atom stereocenters. The van der Waals surface area contributed by atoms with E-state index in [4.69, 9.17) is 0 Å². The molecule has 2 N–H and O–H groups in total. The molecule has 10 heteroatoms. The van der Waals surface area contributed by atoms with Crippen molar-refractivity contribution in [1.82, 2.24) is 4.72 Å². The van der Waals surface area contributed by atoms with Gasteiger partial charge in [-0.15, -0.1) is 0 Å². The molecule has 7 nitrogen and oxygen atoms in total. The summed E-state index contributed by atoms with van der Waals surface area (Å²) in [5.74, 6) is -1.02. The Morgan fingerprint density at radius 2 is 2.11 bits per heavy atom. The fraction of sp³-hybridized carbons (Fsp3) is 0.333. The van der Waals surface area contributed by atoms with Crippen LogP contribution in [0, 0.1) is 15.9 Å². The van der Waals surface area contributed by atoms with Gasteiger partial charge in [-0.25, -0.2) is 17.5 Å². The van der Waals surface area contributed by atoms with Gasteiger partial charge in [0.1, 0.15) is 11.5 Å². The number of benzene rings is 1. The molecule has 0 saturated carbocycles. The zero-order chi connectivity index (χ0) is 14.6. The zero-order valence-electron chi connectivity index (χ0n) is 9.81. The maximum Gasteiger partial charge on any atom is 0.295 e. The number of nitrogens with one attached hydrogen (secondary N) is 2. The largest absolute Gasteiger partial charge is 0.378 e. The van der Waals surface area contributed by atoms with Gasteiger partial charge < -0.3 is 5.32 Å². The van der Waals surface area contributed by atoms with Crippen molar-refractivity contribution in [2.24, 2.45) is 0 Å². The molecule has 0 aliphatic carbocycles. The van der Waals surface area contributed by atoms with E-state index in [0.29, 0.717) is 0 Å². The summed E-state index contributed by atoms with van der Waals surface area (Å²) in [6.45, 7) is -0.0396. The van der Waals surface area contributed by atoms with Crippen molar-refractivity contribution in [2.75, 3.05) is 24.7 Å². The first kappa shape index (κ1) is 15.8. The highest BCUT2D eigenvalue weighted by Gasteiger charge is 2.18. The molecule has 1 aromatic carbocycles. The highest BCUT2D eigenvalue weighted by Crippen LogP contribution is 2.30. The summed E-state index contributed by atoms with van der Waals surface area (Å²) >= 11 is 2.91. The lowest BCUT2D eigenvalue weighted by atomic mass is 10.2. The molecule has 0 unspecified atom stereocenters. The molecule has 0 spiro atoms. The van der Waals surface area contributed by atoms with Crippen molar-refractivity contribution in [3.05, 3.63) is 32.5 Å². The third-order valence-corrected chi connectivity index (χ3v) is 4.20. The third-order valence-electron chi connectivity index (χ3n) is 2.23. The molecule has 0 bridgehead atoms. The van der Waals surface area contributed by atoms with E-state index in [1.165, 1.54) is 13.1 Å². The zero-order valence-corrected chi connectivity index (χ0v) is 12.2. The van der Waals surface area contributed by atoms with Crippen LogP contribution in [0.15, 0.2) is 16.6 Å². The van der Waals surface area contributed by atoms with Crippen molar-refractivity contribution < 1.29 is 17.7 Å². The smallest absolute Gasteiger partial charge is 0.295 e. The second-order valence-electron chi connectivity index (χ2n) is 3.49. The van der Waals surface area contributed by atoms with E-state index in [1.54, 1.807) is 0 Å². The lowest BCUT2D eigenvalue weighted by Gasteiger charge is -2.08. The average Bonchev–Trinajstić information content (AvgIpc) is 2.32. The summed E-state index contributed by atoms with van der Waals surface area (Å²) in [7, 11) is -2.14. The van der Waals surface area contributed by atoms with Crippen molar-refractivity contribution >= 4 is 37.3 Å². The van der Waals surface area contributed by atoms with Crippen molar-refractivity contribution in [3.63, 3.8) is 0 Å². The van der Waals surface area contributed by atoms with Crippen molar-refractivity contribution in [1.29, 1.82) is 0 Å². The fourth-order valence-electron chi connectivity index (χ4n) is 1.25. The predicted octanol–water partition coefficient (Wildman–Crippen LogP) is 1.46. The van der Waals surface area contributed by atoms with Gasteiger partial charge in [-0.05, 0) is 29.0 Å². The fourth-order valence-corrected chi connectivity index (χ4v) is 2.17. The predicted molar refractivity (Wildman–Crippen MR) is 72.1 cm³/mol. The number of nitrogens with zero attached hydrogens (tertiary/aromatic N) is 1. The Morgan fingerprint density at radius 1 is 1.47 bits per heavy atom. The van der Waals surface area contributed by atoms with Gasteiger partial charge in [-0.3, -0.25) is 10.1 Å². The van der Waals surface area contributed by atoms with Crippen LogP contribution < -0.4 is 10.0 Å². The van der Waals surface area contributed by atoms with Gasteiger partial charge in [0.15, 0.2) is 0 Å². The minimum atomic E-state index is -3.41. The summed E-state index contributed by atoms with van der Waals surface area (Å²) in [6, 6.07) is 1.96. The number of hydrogen-bond acceptors (Lipinski definition) is 5. The van der Waals surface area contributed by atoms with E-state index >= 15 is 0 Å². The molecule has 19 heavy (non-hydrogen) atoms. The molecule has 0 saturated heterocycles. The second kappa shape index (κ2) is 6.26. The number of hydrogen-bond donors (Lipinski definition) is 2. The molecule has 106 valence electrons. The molecular formula is C9H11BrFN3O4S. The van der Waals surface area contributed by atoms with Crippen LogP contribution in [0.1, 0.15) is 0 Å². The van der Waals surface area contributed by atoms with Crippen molar-refractivity contribution in [2.45, 2.75) is 0 Å². The van der Waals surface area contributed by atoms with Crippen LogP contribution in [0.25, 0.3) is 0 Å². The Balaban J connectivity index is 2.89. The number of nitro groups is 1. The van der Waals surface area contributed by atoms with E-state index in [0.717, 1.165) is 6.07 Å². The Kier molecular flexibility index (Phi) is 5.20. The molecular weight excluding hydrogens is 345 g/mol. The van der Waals surface area contributed by atoms with E-state index in [2.05, 4.69) is 26.0 Å². The quantitative estimate of drug-likeness (QED) is 0.594. The molecule has 1 aromatic rings. The Bertz CT molecular complexity index is 593. The number of sulfonamides is 1. The van der Waals surface area contributed by atoms with E-state index in [-0.39, 0.29) is 22.5 Å². The Labute approximate surface area is 117 Å². The van der Waals surface area contributed by atoms with Gasteiger partial charge in [-0.1, -0.05) is 0 Å². The van der Waals surface area contributed by atoms with Gasteiger partial charge in [-0.2, -0.15) is 0 Å². The van der Waals surface area contributed by atoms with Crippen LogP contribution in [0.3, 0.4) is 0 Å². The third kappa shape index (κ3) is 4.40. The van der Waals surface area contributed by atoms with Crippen LogP contribution in [0.4, 0.5) is 15.8 Å². The highest BCUT2D eigenvalue weighted by atomic mass is 79.9. The minimum absolute atomic E-state index is 0.0396. The first-order valence-electron chi connectivity index (χ1n) is 5.05. The van der Waals surface area contributed by atoms with Crippen molar-refractivity contribution in [3.8, 4) is 0 Å². The van der Waals surface area contributed by atoms with E-state index in [9.17, 15) is 22.9 Å². The maximum atomic E-state index is 13.2. The lowest BCUT2D eigenvalue weighted by molar-refractivity contribution is -0.384. The molecule has 0 aliphatic heterocycles. The molecule has 0 heterocycles. The average molecular weight is 356 g/mol. The van der Waals surface area contributed by atoms with Crippen LogP contribution in [0.2, 0.25) is 0 Å². The lowest BCUT2D eigenvalue weighted by Crippen LogP contribution is -2.26. The minimum Gasteiger partial charge on any atom is -0.378 e. The molecule has 0 radical (unpaired) electrons. The summed E-state index contributed by atoms with van der Waals surface area (Å²) in [6.07, 6.45) is 0. The summed E-state index contributed by atoms with van der Waals surface area (Å²) in [5.41, 5.74) is -0.410. The maximum absolute atomic E-state index is 13.2. The van der Waals surface area contributed by atoms with Gasteiger partial charge in [0.05, 0.1) is 21.2 Å². The molecule has 0 fully saturated rings. The first-order valence-corrected chi connectivity index (χ1v) is 7.50. The van der Waals surface area contributed by atoms with Gasteiger partial charge in [0, 0.05) is 6.54 Å². The second-order valence-corrected chi connectivity index (χ2v) is 6.39. The molecule has 1 rings (SSSR count). The van der Waals surface area contributed by atoms with Crippen LogP contribution in [-0.2, 0) is 10.0 Å². The first-order chi connectivity index (χ1) is 8.76. The number of anilines is 1. The number of halogens is 2. The topological polar surface area (TPSA) is 101 Å². The highest BCUT2D eigenvalue weighted by molar-refractivity contribution is 9.10. The standard InChI is InChI=1S/C9H11BrFN3O4S/c1-12-19(17,18)3-2-13-8-4-6(10)7(11)5-9(8)14(15)16/h4-5,12-13H,2-3H2,1H3. The van der Waals surface area contributed by atoms with Gasteiger partial charge in [0.25, 0.3) is 5.69 Å². The summed E-state index contributed by atoms with van der Waals surface area (Å²) < 4.78 is 37.7. The number of rotatable bonds is 6. The SMILES string of the molecule is CNS(=O)(=O)CCNc1cc(Br)c(F)cc1[N+](=O)[O-]. The van der Waals surface area contributed by atoms with Gasteiger partial charge >= 0.3 is 0 Å². The Hall–Kier alpha value is -1.26. The van der Waals surface area contributed by atoms with E-state index < -0.39 is 26.5 Å². The van der Waals surface area contributed by atoms with Crippen LogP contribution >= 0.6 is 15.9 Å². The van der Waals surface area contributed by atoms with Gasteiger partial charge in [0.2, 0.25) is 10.0 Å². The normalized spacial score (nSPS) is 11.3. The molecule has 0 amide bonds. The van der Waals surface area contributed by atoms with Crippen LogP contribution in [-0.4, -0.2) is 32.7 Å². The molecule has 0 aliphatic rings. The Morgan fingerprint density at radius 3 is 2.63 bits per heavy atom. The monoisotopic (exact) mass is 355 g/mol. The number of nitro benzene ring substituents is 1. The summed E-state index contributed by atoms with van der Waals surface area (Å²) in [4.78, 5) is 10.0.